The molecule has 1 aliphatic heterocycles. The van der Waals surface area contributed by atoms with Crippen molar-refractivity contribution in [1.82, 2.24) is 5.32 Å². The summed E-state index contributed by atoms with van der Waals surface area (Å²) in [6, 6.07) is 7.17. The molecule has 2 atom stereocenters. The number of ether oxygens (including phenoxy) is 1. The number of benzene rings is 1. The van der Waals surface area contributed by atoms with E-state index < -0.39 is 0 Å². The van der Waals surface area contributed by atoms with Crippen molar-refractivity contribution in [2.24, 2.45) is 5.92 Å². The lowest BCUT2D eigenvalue weighted by atomic mass is 9.92. The molecule has 22 heavy (non-hydrogen) atoms. The van der Waals surface area contributed by atoms with Gasteiger partial charge in [0, 0.05) is 17.6 Å². The number of piperidine rings is 1. The molecule has 2 rings (SSSR count). The van der Waals surface area contributed by atoms with Gasteiger partial charge < -0.3 is 15.4 Å². The van der Waals surface area contributed by atoms with Gasteiger partial charge in [-0.3, -0.25) is 4.79 Å². The summed E-state index contributed by atoms with van der Waals surface area (Å²) in [5.41, 5.74) is 1.20. The highest BCUT2D eigenvalue weighted by Crippen LogP contribution is 2.19. The second-order valence-electron chi connectivity index (χ2n) is 5.36. The molecule has 1 fully saturated rings. The molecule has 1 amide bonds. The highest BCUT2D eigenvalue weighted by atomic mass is 35.5. The van der Waals surface area contributed by atoms with Gasteiger partial charge in [0.2, 0.25) is 5.91 Å². The van der Waals surface area contributed by atoms with Crippen molar-refractivity contribution in [2.75, 3.05) is 18.5 Å². The Morgan fingerprint density at radius 1 is 1.32 bits per heavy atom. The van der Waals surface area contributed by atoms with E-state index in [0.29, 0.717) is 23.9 Å². The summed E-state index contributed by atoms with van der Waals surface area (Å²) in [5.74, 6) is -0.249. The van der Waals surface area contributed by atoms with Crippen molar-refractivity contribution in [3.63, 3.8) is 0 Å². The predicted molar refractivity (Wildman–Crippen MR) is 88.5 cm³/mol. The first-order chi connectivity index (χ1) is 10.1. The molecule has 1 aromatic rings. The average molecular weight is 327 g/mol. The molecule has 5 nitrogen and oxygen atoms in total. The topological polar surface area (TPSA) is 67.4 Å². The van der Waals surface area contributed by atoms with Crippen LogP contribution in [0.15, 0.2) is 24.3 Å². The molecular weight excluding hydrogens is 304 g/mol. The van der Waals surface area contributed by atoms with E-state index in [1.165, 1.54) is 0 Å². The molecule has 1 saturated heterocycles. The molecule has 122 valence electrons. The third-order valence-electron chi connectivity index (χ3n) is 3.66. The van der Waals surface area contributed by atoms with Crippen LogP contribution < -0.4 is 10.6 Å². The highest BCUT2D eigenvalue weighted by molar-refractivity contribution is 5.94. The van der Waals surface area contributed by atoms with Crippen LogP contribution in [0.4, 0.5) is 5.69 Å². The largest absolute Gasteiger partial charge is 0.462 e. The lowest BCUT2D eigenvalue weighted by Gasteiger charge is -2.27. The number of hydrogen-bond donors (Lipinski definition) is 2. The van der Waals surface area contributed by atoms with E-state index >= 15 is 0 Å². The van der Waals surface area contributed by atoms with E-state index in [2.05, 4.69) is 17.6 Å². The second kappa shape index (κ2) is 8.76. The molecule has 0 saturated carbocycles. The van der Waals surface area contributed by atoms with Gasteiger partial charge in [0.05, 0.1) is 12.2 Å². The Morgan fingerprint density at radius 3 is 2.59 bits per heavy atom. The SMILES string of the molecule is CCOC(=O)c1ccc(NC(=O)[C@H]2CCN[C@@H](C)C2)cc1.Cl. The second-order valence-corrected chi connectivity index (χ2v) is 5.36. The zero-order chi connectivity index (χ0) is 15.2. The van der Waals surface area contributed by atoms with E-state index in [4.69, 9.17) is 4.74 Å². The minimum atomic E-state index is -0.345. The Bertz CT molecular complexity index is 505. The Morgan fingerprint density at radius 2 is 2.00 bits per heavy atom. The number of amides is 1. The van der Waals surface area contributed by atoms with Crippen molar-refractivity contribution in [3.05, 3.63) is 29.8 Å². The fourth-order valence-electron chi connectivity index (χ4n) is 2.52. The van der Waals surface area contributed by atoms with Crippen molar-refractivity contribution in [1.29, 1.82) is 0 Å². The molecule has 0 spiro atoms. The summed E-state index contributed by atoms with van der Waals surface area (Å²) in [6.07, 6.45) is 1.71. The first-order valence-corrected chi connectivity index (χ1v) is 7.41. The summed E-state index contributed by atoms with van der Waals surface area (Å²) in [7, 11) is 0. The minimum absolute atomic E-state index is 0. The zero-order valence-electron chi connectivity index (χ0n) is 12.9. The highest BCUT2D eigenvalue weighted by Gasteiger charge is 2.24. The maximum atomic E-state index is 12.2. The molecule has 1 heterocycles. The number of rotatable bonds is 4. The number of carbonyl (C=O) groups is 2. The molecule has 1 aliphatic rings. The van der Waals surface area contributed by atoms with Gasteiger partial charge in [-0.1, -0.05) is 0 Å². The molecule has 0 unspecified atom stereocenters. The van der Waals surface area contributed by atoms with Crippen LogP contribution in [0, 0.1) is 5.92 Å². The maximum absolute atomic E-state index is 12.2. The van der Waals surface area contributed by atoms with Gasteiger partial charge in [0.1, 0.15) is 0 Å². The van der Waals surface area contributed by atoms with Crippen LogP contribution in [0.5, 0.6) is 0 Å². The monoisotopic (exact) mass is 326 g/mol. The van der Waals surface area contributed by atoms with E-state index in [0.717, 1.165) is 19.4 Å². The molecule has 0 bridgehead atoms. The van der Waals surface area contributed by atoms with E-state index in [1.807, 2.05) is 0 Å². The van der Waals surface area contributed by atoms with Gasteiger partial charge in [0.25, 0.3) is 0 Å². The first kappa shape index (κ1) is 18.5. The molecular formula is C16H23ClN2O3. The smallest absolute Gasteiger partial charge is 0.338 e. The number of anilines is 1. The van der Waals surface area contributed by atoms with Crippen molar-refractivity contribution in [3.8, 4) is 0 Å². The first-order valence-electron chi connectivity index (χ1n) is 7.41. The summed E-state index contributed by atoms with van der Waals surface area (Å²) in [5, 5.41) is 6.24. The molecule has 0 aromatic heterocycles. The lowest BCUT2D eigenvalue weighted by Crippen LogP contribution is -2.40. The van der Waals surface area contributed by atoms with Gasteiger partial charge in [-0.15, -0.1) is 12.4 Å². The number of nitrogens with one attached hydrogen (secondary N) is 2. The number of halogens is 1. The van der Waals surface area contributed by atoms with Crippen LogP contribution in [0.3, 0.4) is 0 Å². The Kier molecular flexibility index (Phi) is 7.35. The van der Waals surface area contributed by atoms with Gasteiger partial charge in [0.15, 0.2) is 0 Å². The molecule has 0 radical (unpaired) electrons. The molecule has 0 aliphatic carbocycles. The molecule has 2 N–H and O–H groups in total. The van der Waals surface area contributed by atoms with Crippen molar-refractivity contribution < 1.29 is 14.3 Å². The summed E-state index contributed by atoms with van der Waals surface area (Å²) in [6.45, 7) is 5.09. The third kappa shape index (κ3) is 5.00. The number of esters is 1. The van der Waals surface area contributed by atoms with Crippen molar-refractivity contribution in [2.45, 2.75) is 32.7 Å². The van der Waals surface area contributed by atoms with Crippen LogP contribution in [-0.2, 0) is 9.53 Å². The molecule has 6 heteroatoms. The lowest BCUT2D eigenvalue weighted by molar-refractivity contribution is -0.120. The summed E-state index contributed by atoms with van der Waals surface area (Å²) >= 11 is 0. The van der Waals surface area contributed by atoms with Crippen LogP contribution in [0.1, 0.15) is 37.0 Å². The van der Waals surface area contributed by atoms with E-state index in [1.54, 1.807) is 31.2 Å². The number of hydrogen-bond acceptors (Lipinski definition) is 4. The average Bonchev–Trinajstić information content (AvgIpc) is 2.48. The van der Waals surface area contributed by atoms with Gasteiger partial charge in [-0.05, 0) is 57.5 Å². The van der Waals surface area contributed by atoms with Gasteiger partial charge >= 0.3 is 5.97 Å². The number of carbonyl (C=O) groups excluding carboxylic acids is 2. The predicted octanol–water partition coefficient (Wildman–Crippen LogP) is 2.61. The van der Waals surface area contributed by atoms with Crippen molar-refractivity contribution >= 4 is 30.0 Å². The molecule has 1 aromatic carbocycles. The van der Waals surface area contributed by atoms with Gasteiger partial charge in [-0.25, -0.2) is 4.79 Å². The fourth-order valence-corrected chi connectivity index (χ4v) is 2.52. The Hall–Kier alpha value is -1.59. The van der Waals surface area contributed by atoms with E-state index in [9.17, 15) is 9.59 Å². The standard InChI is InChI=1S/C16H22N2O3.ClH/c1-3-21-16(20)12-4-6-14(7-5-12)18-15(19)13-8-9-17-11(2)10-13;/h4-7,11,13,17H,3,8-10H2,1-2H3,(H,18,19);1H/t11-,13-;/m0./s1. The normalized spacial score (nSPS) is 20.6. The van der Waals surface area contributed by atoms with E-state index in [-0.39, 0.29) is 30.2 Å². The minimum Gasteiger partial charge on any atom is -0.462 e. The third-order valence-corrected chi connectivity index (χ3v) is 3.66. The van der Waals surface area contributed by atoms with Crippen LogP contribution >= 0.6 is 12.4 Å². The van der Waals surface area contributed by atoms with Crippen LogP contribution in [0.2, 0.25) is 0 Å². The summed E-state index contributed by atoms with van der Waals surface area (Å²) < 4.78 is 4.92. The zero-order valence-corrected chi connectivity index (χ0v) is 13.7. The quantitative estimate of drug-likeness (QED) is 0.835. The van der Waals surface area contributed by atoms with Crippen LogP contribution in [0.25, 0.3) is 0 Å². The Balaban J connectivity index is 0.00000242. The summed E-state index contributed by atoms with van der Waals surface area (Å²) in [4.78, 5) is 23.7. The fraction of sp³-hybridized carbons (Fsp3) is 0.500. The van der Waals surface area contributed by atoms with Crippen LogP contribution in [-0.4, -0.2) is 31.1 Å². The van der Waals surface area contributed by atoms with Gasteiger partial charge in [-0.2, -0.15) is 0 Å². The Labute approximate surface area is 137 Å². The maximum Gasteiger partial charge on any atom is 0.338 e.